The molecule has 2 aromatic rings. The first-order valence-corrected chi connectivity index (χ1v) is 6.74. The number of carboxylic acid groups (broad SMARTS) is 1. The Morgan fingerprint density at radius 3 is 2.74 bits per heavy atom. The average Bonchev–Trinajstić information content (AvgIpc) is 2.84. The van der Waals surface area contributed by atoms with Crippen LogP contribution < -0.4 is 5.32 Å². The molecule has 1 aromatic heterocycles. The molecule has 1 heterocycles. The first-order chi connectivity index (χ1) is 8.99. The summed E-state index contributed by atoms with van der Waals surface area (Å²) in [6.45, 7) is 3.14. The lowest BCUT2D eigenvalue weighted by atomic mass is 9.95. The van der Waals surface area contributed by atoms with Crippen LogP contribution in [0.5, 0.6) is 0 Å². The number of hydrogen-bond donors (Lipinski definition) is 2. The molecule has 0 fully saturated rings. The Morgan fingerprint density at radius 2 is 2.05 bits per heavy atom. The summed E-state index contributed by atoms with van der Waals surface area (Å²) in [5, 5.41) is 11.6. The molecule has 2 atom stereocenters. The lowest BCUT2D eigenvalue weighted by Crippen LogP contribution is -2.29. The summed E-state index contributed by atoms with van der Waals surface area (Å²) in [5.41, 5.74) is 3.28. The Balaban J connectivity index is 2.11. The van der Waals surface area contributed by atoms with E-state index in [2.05, 4.69) is 10.3 Å². The molecule has 1 aromatic carbocycles. The van der Waals surface area contributed by atoms with E-state index < -0.39 is 17.8 Å². The number of fused-ring (bicyclic) bond motifs is 1. The van der Waals surface area contributed by atoms with Gasteiger partial charge in [0.1, 0.15) is 0 Å². The van der Waals surface area contributed by atoms with Crippen LogP contribution in [0, 0.1) is 11.8 Å². The quantitative estimate of drug-likeness (QED) is 0.901. The summed E-state index contributed by atoms with van der Waals surface area (Å²) >= 11 is 1.49. The molecule has 0 aliphatic carbocycles. The van der Waals surface area contributed by atoms with E-state index in [0.717, 1.165) is 10.2 Å². The smallest absolute Gasteiger partial charge is 0.307 e. The number of benzene rings is 1. The van der Waals surface area contributed by atoms with Crippen molar-refractivity contribution in [3.05, 3.63) is 23.7 Å². The lowest BCUT2D eigenvalue weighted by Gasteiger charge is -2.15. The van der Waals surface area contributed by atoms with Gasteiger partial charge in [-0.2, -0.15) is 0 Å². The van der Waals surface area contributed by atoms with Crippen molar-refractivity contribution in [2.24, 2.45) is 11.8 Å². The van der Waals surface area contributed by atoms with E-state index in [9.17, 15) is 9.59 Å². The maximum Gasteiger partial charge on any atom is 0.307 e. The second kappa shape index (κ2) is 5.36. The fourth-order valence-corrected chi connectivity index (χ4v) is 2.35. The zero-order valence-corrected chi connectivity index (χ0v) is 11.4. The van der Waals surface area contributed by atoms with Crippen molar-refractivity contribution in [2.45, 2.75) is 13.8 Å². The van der Waals surface area contributed by atoms with Gasteiger partial charge in [-0.05, 0) is 18.2 Å². The number of aromatic nitrogens is 1. The van der Waals surface area contributed by atoms with Crippen molar-refractivity contribution in [3.63, 3.8) is 0 Å². The highest BCUT2D eigenvalue weighted by Gasteiger charge is 2.25. The Bertz CT molecular complexity index is 623. The number of aliphatic carboxylic acids is 1. The molecule has 0 aliphatic rings. The minimum absolute atomic E-state index is 0.293. The van der Waals surface area contributed by atoms with Gasteiger partial charge in [-0.25, -0.2) is 4.98 Å². The van der Waals surface area contributed by atoms with Crippen LogP contribution in [0.1, 0.15) is 13.8 Å². The molecule has 0 saturated heterocycles. The van der Waals surface area contributed by atoms with Gasteiger partial charge in [0.25, 0.3) is 0 Å². The first-order valence-electron chi connectivity index (χ1n) is 5.86. The number of thiazole rings is 1. The van der Waals surface area contributed by atoms with E-state index in [-0.39, 0.29) is 5.91 Å². The van der Waals surface area contributed by atoms with Crippen molar-refractivity contribution in [1.29, 1.82) is 0 Å². The molecule has 2 N–H and O–H groups in total. The molecule has 100 valence electrons. The number of rotatable bonds is 4. The van der Waals surface area contributed by atoms with Crippen LogP contribution >= 0.6 is 11.3 Å². The van der Waals surface area contributed by atoms with E-state index in [0.29, 0.717) is 5.69 Å². The van der Waals surface area contributed by atoms with Gasteiger partial charge < -0.3 is 10.4 Å². The molecule has 5 nitrogen and oxygen atoms in total. The number of hydrogen-bond acceptors (Lipinski definition) is 4. The van der Waals surface area contributed by atoms with Gasteiger partial charge in [0.15, 0.2) is 0 Å². The molecule has 0 bridgehead atoms. The van der Waals surface area contributed by atoms with E-state index >= 15 is 0 Å². The Kier molecular flexibility index (Phi) is 3.80. The molecule has 2 unspecified atom stereocenters. The number of nitrogens with one attached hydrogen (secondary N) is 1. The van der Waals surface area contributed by atoms with Crippen LogP contribution in [0.3, 0.4) is 0 Å². The molecule has 0 spiro atoms. The predicted octanol–water partition coefficient (Wildman–Crippen LogP) is 2.59. The van der Waals surface area contributed by atoms with Gasteiger partial charge in [-0.15, -0.1) is 11.3 Å². The molecule has 2 rings (SSSR count). The van der Waals surface area contributed by atoms with Crippen LogP contribution in [0.2, 0.25) is 0 Å². The van der Waals surface area contributed by atoms with Gasteiger partial charge in [-0.1, -0.05) is 13.8 Å². The van der Waals surface area contributed by atoms with E-state index in [1.54, 1.807) is 18.5 Å². The second-order valence-electron chi connectivity index (χ2n) is 4.44. The minimum Gasteiger partial charge on any atom is -0.481 e. The number of carbonyl (C=O) groups is 2. The van der Waals surface area contributed by atoms with E-state index in [1.807, 2.05) is 12.1 Å². The SMILES string of the molecule is CC(C(=O)O)C(C)C(=O)Nc1ccc2ncsc2c1. The van der Waals surface area contributed by atoms with Crippen molar-refractivity contribution in [2.75, 3.05) is 5.32 Å². The number of nitrogens with zero attached hydrogens (tertiary/aromatic N) is 1. The number of carboxylic acids is 1. The summed E-state index contributed by atoms with van der Waals surface area (Å²) in [7, 11) is 0. The van der Waals surface area contributed by atoms with Crippen molar-refractivity contribution < 1.29 is 14.7 Å². The first kappa shape index (κ1) is 13.5. The van der Waals surface area contributed by atoms with Crippen LogP contribution in [0.4, 0.5) is 5.69 Å². The largest absolute Gasteiger partial charge is 0.481 e. The molecule has 19 heavy (non-hydrogen) atoms. The molecule has 0 saturated carbocycles. The summed E-state index contributed by atoms with van der Waals surface area (Å²) < 4.78 is 0.983. The molecular weight excluding hydrogens is 264 g/mol. The van der Waals surface area contributed by atoms with Crippen LogP contribution in [0.15, 0.2) is 23.7 Å². The minimum atomic E-state index is -0.972. The zero-order valence-electron chi connectivity index (χ0n) is 10.6. The molecule has 0 radical (unpaired) electrons. The summed E-state index contributed by atoms with van der Waals surface area (Å²) in [4.78, 5) is 27.0. The third-order valence-corrected chi connectivity index (χ3v) is 3.94. The fourth-order valence-electron chi connectivity index (χ4n) is 1.63. The van der Waals surface area contributed by atoms with Crippen LogP contribution in [-0.2, 0) is 9.59 Å². The summed E-state index contributed by atoms with van der Waals surface area (Å²) in [5.74, 6) is -2.57. The maximum absolute atomic E-state index is 11.9. The summed E-state index contributed by atoms with van der Waals surface area (Å²) in [6.07, 6.45) is 0. The fraction of sp³-hybridized carbons (Fsp3) is 0.308. The third kappa shape index (κ3) is 2.90. The van der Waals surface area contributed by atoms with Crippen molar-refractivity contribution in [3.8, 4) is 0 Å². The standard InChI is InChI=1S/C13H14N2O3S/c1-7(8(2)13(17)18)12(16)15-9-3-4-10-11(5-9)19-6-14-10/h3-8H,1-2H3,(H,15,16)(H,17,18). The van der Waals surface area contributed by atoms with Crippen molar-refractivity contribution >= 4 is 39.1 Å². The highest BCUT2D eigenvalue weighted by molar-refractivity contribution is 7.16. The van der Waals surface area contributed by atoms with Gasteiger partial charge in [-0.3, -0.25) is 9.59 Å². The Labute approximate surface area is 114 Å². The highest BCUT2D eigenvalue weighted by Crippen LogP contribution is 2.22. The Morgan fingerprint density at radius 1 is 1.32 bits per heavy atom. The maximum atomic E-state index is 11.9. The normalized spacial score (nSPS) is 14.0. The monoisotopic (exact) mass is 278 g/mol. The summed E-state index contributed by atoms with van der Waals surface area (Å²) in [6, 6.07) is 5.42. The topological polar surface area (TPSA) is 79.3 Å². The molecule has 1 amide bonds. The lowest BCUT2D eigenvalue weighted by molar-refractivity contribution is -0.145. The van der Waals surface area contributed by atoms with Crippen LogP contribution in [0.25, 0.3) is 10.2 Å². The molecular formula is C13H14N2O3S. The van der Waals surface area contributed by atoms with Gasteiger partial charge in [0, 0.05) is 11.6 Å². The average molecular weight is 278 g/mol. The van der Waals surface area contributed by atoms with Crippen LogP contribution in [-0.4, -0.2) is 22.0 Å². The number of carbonyl (C=O) groups excluding carboxylic acids is 1. The second-order valence-corrected chi connectivity index (χ2v) is 5.33. The van der Waals surface area contributed by atoms with Gasteiger partial charge in [0.05, 0.1) is 21.6 Å². The predicted molar refractivity (Wildman–Crippen MR) is 74.2 cm³/mol. The molecule has 6 heteroatoms. The van der Waals surface area contributed by atoms with E-state index in [4.69, 9.17) is 5.11 Å². The van der Waals surface area contributed by atoms with Gasteiger partial charge in [0.2, 0.25) is 5.91 Å². The van der Waals surface area contributed by atoms with E-state index in [1.165, 1.54) is 18.3 Å². The number of amides is 1. The Hall–Kier alpha value is -1.95. The van der Waals surface area contributed by atoms with Crippen molar-refractivity contribution in [1.82, 2.24) is 4.98 Å². The number of anilines is 1. The zero-order chi connectivity index (χ0) is 14.0. The molecule has 0 aliphatic heterocycles. The third-order valence-electron chi connectivity index (χ3n) is 3.15. The van der Waals surface area contributed by atoms with Gasteiger partial charge >= 0.3 is 5.97 Å². The highest BCUT2D eigenvalue weighted by atomic mass is 32.1.